The van der Waals surface area contributed by atoms with E-state index in [4.69, 9.17) is 13.3 Å². The molecule has 0 saturated carbocycles. The van der Waals surface area contributed by atoms with Gasteiger partial charge in [-0.2, -0.15) is 0 Å². The SMILES string of the molecule is Cc1cc(=O)oc2cc3oc(=O)oc3cc12. The van der Waals surface area contributed by atoms with Crippen molar-refractivity contribution in [3.05, 3.63) is 44.8 Å². The summed E-state index contributed by atoms with van der Waals surface area (Å²) in [7, 11) is 0. The Bertz CT molecular complexity index is 802. The molecule has 0 aliphatic rings. The van der Waals surface area contributed by atoms with Crippen LogP contribution in [-0.4, -0.2) is 0 Å². The van der Waals surface area contributed by atoms with E-state index in [1.807, 2.05) is 0 Å². The number of fused-ring (bicyclic) bond motifs is 2. The van der Waals surface area contributed by atoms with Crippen LogP contribution in [0.4, 0.5) is 0 Å². The molecule has 2 aromatic heterocycles. The molecule has 5 heteroatoms. The molecule has 80 valence electrons. The quantitative estimate of drug-likeness (QED) is 0.538. The topological polar surface area (TPSA) is 73.6 Å². The summed E-state index contributed by atoms with van der Waals surface area (Å²) in [5.41, 5.74) is 1.31. The molecule has 0 fully saturated rings. The second-order valence-electron chi connectivity index (χ2n) is 3.50. The third-order valence-electron chi connectivity index (χ3n) is 2.40. The monoisotopic (exact) mass is 218 g/mol. The Balaban J connectivity index is 2.60. The van der Waals surface area contributed by atoms with E-state index in [2.05, 4.69) is 0 Å². The van der Waals surface area contributed by atoms with E-state index in [1.165, 1.54) is 12.1 Å². The number of aryl methyl sites for hydroxylation is 1. The number of hydrogen-bond donors (Lipinski definition) is 0. The Kier molecular flexibility index (Phi) is 1.60. The lowest BCUT2D eigenvalue weighted by Crippen LogP contribution is -1.97. The molecule has 0 atom stereocenters. The van der Waals surface area contributed by atoms with Gasteiger partial charge in [0.25, 0.3) is 0 Å². The summed E-state index contributed by atoms with van der Waals surface area (Å²) in [6.07, 6.45) is 0. The van der Waals surface area contributed by atoms with Crippen molar-refractivity contribution < 1.29 is 13.3 Å². The zero-order valence-corrected chi connectivity index (χ0v) is 8.27. The molecule has 0 saturated heterocycles. The number of benzene rings is 1. The zero-order valence-electron chi connectivity index (χ0n) is 8.27. The lowest BCUT2D eigenvalue weighted by Gasteiger charge is -1.98. The predicted molar refractivity (Wildman–Crippen MR) is 55.5 cm³/mol. The fraction of sp³-hybridized carbons (Fsp3) is 0.0909. The molecule has 0 radical (unpaired) electrons. The first kappa shape index (κ1) is 8.96. The largest absolute Gasteiger partial charge is 0.519 e. The normalized spacial score (nSPS) is 11.3. The number of hydrogen-bond acceptors (Lipinski definition) is 5. The highest BCUT2D eigenvalue weighted by Crippen LogP contribution is 2.23. The van der Waals surface area contributed by atoms with Crippen LogP contribution in [0.3, 0.4) is 0 Å². The van der Waals surface area contributed by atoms with Crippen LogP contribution in [0.2, 0.25) is 0 Å². The maximum atomic E-state index is 11.2. The molecule has 3 rings (SSSR count). The average molecular weight is 218 g/mol. The first-order valence-electron chi connectivity index (χ1n) is 4.62. The van der Waals surface area contributed by atoms with Gasteiger partial charge in [-0.25, -0.2) is 9.59 Å². The maximum absolute atomic E-state index is 11.2. The Labute approximate surface area is 87.9 Å². The van der Waals surface area contributed by atoms with Gasteiger partial charge >= 0.3 is 11.4 Å². The standard InChI is InChI=1S/C11H6O5/c1-5-2-10(12)14-7-4-9-8(3-6(5)7)15-11(13)16-9/h2-4H,1H3. The van der Waals surface area contributed by atoms with E-state index in [-0.39, 0.29) is 5.58 Å². The van der Waals surface area contributed by atoms with Crippen molar-refractivity contribution in [2.45, 2.75) is 6.92 Å². The molecular formula is C11H6O5. The fourth-order valence-corrected chi connectivity index (χ4v) is 1.69. The third kappa shape index (κ3) is 1.18. The Morgan fingerprint density at radius 1 is 0.875 bits per heavy atom. The van der Waals surface area contributed by atoms with Gasteiger partial charge in [-0.15, -0.1) is 0 Å². The van der Waals surface area contributed by atoms with Gasteiger partial charge in [-0.05, 0) is 18.6 Å². The highest BCUT2D eigenvalue weighted by Gasteiger charge is 2.09. The summed E-state index contributed by atoms with van der Waals surface area (Å²) in [6, 6.07) is 4.48. The van der Waals surface area contributed by atoms with Crippen LogP contribution in [0.25, 0.3) is 22.1 Å². The molecule has 2 heterocycles. The first-order valence-corrected chi connectivity index (χ1v) is 4.62. The Morgan fingerprint density at radius 2 is 1.56 bits per heavy atom. The molecule has 0 bridgehead atoms. The summed E-state index contributed by atoms with van der Waals surface area (Å²) in [4.78, 5) is 22.1. The third-order valence-corrected chi connectivity index (χ3v) is 2.40. The van der Waals surface area contributed by atoms with Crippen molar-refractivity contribution in [2.75, 3.05) is 0 Å². The maximum Gasteiger partial charge on any atom is 0.519 e. The summed E-state index contributed by atoms with van der Waals surface area (Å²) in [5.74, 6) is -0.773. The molecule has 5 nitrogen and oxygen atoms in total. The van der Waals surface area contributed by atoms with Crippen molar-refractivity contribution in [3.63, 3.8) is 0 Å². The van der Waals surface area contributed by atoms with Crippen molar-refractivity contribution in [3.8, 4) is 0 Å². The van der Waals surface area contributed by atoms with E-state index < -0.39 is 11.4 Å². The van der Waals surface area contributed by atoms with Crippen LogP contribution >= 0.6 is 0 Å². The molecule has 0 amide bonds. The average Bonchev–Trinajstić information content (AvgIpc) is 2.54. The Hall–Kier alpha value is -2.30. The van der Waals surface area contributed by atoms with Crippen molar-refractivity contribution in [1.29, 1.82) is 0 Å². The molecule has 0 N–H and O–H groups in total. The van der Waals surface area contributed by atoms with Gasteiger partial charge in [0.2, 0.25) is 0 Å². The van der Waals surface area contributed by atoms with Crippen molar-refractivity contribution in [1.82, 2.24) is 0 Å². The summed E-state index contributed by atoms with van der Waals surface area (Å²) < 4.78 is 14.6. The second-order valence-corrected chi connectivity index (χ2v) is 3.50. The minimum Gasteiger partial charge on any atom is -0.423 e. The van der Waals surface area contributed by atoms with Gasteiger partial charge in [-0.3, -0.25) is 0 Å². The minimum absolute atomic E-state index is 0.270. The lowest BCUT2D eigenvalue weighted by molar-refractivity contribution is 0.409. The fourth-order valence-electron chi connectivity index (χ4n) is 1.69. The van der Waals surface area contributed by atoms with Gasteiger partial charge in [0.15, 0.2) is 11.2 Å². The first-order chi connectivity index (χ1) is 7.63. The van der Waals surface area contributed by atoms with Crippen molar-refractivity contribution in [2.24, 2.45) is 0 Å². The highest BCUT2D eigenvalue weighted by atomic mass is 16.6. The highest BCUT2D eigenvalue weighted by molar-refractivity contribution is 5.91. The summed E-state index contributed by atoms with van der Waals surface area (Å²) in [5, 5.41) is 0.719. The van der Waals surface area contributed by atoms with Gasteiger partial charge in [0.05, 0.1) is 0 Å². The van der Waals surface area contributed by atoms with E-state index in [9.17, 15) is 9.59 Å². The van der Waals surface area contributed by atoms with E-state index in [0.717, 1.165) is 10.9 Å². The van der Waals surface area contributed by atoms with Crippen LogP contribution in [-0.2, 0) is 0 Å². The smallest absolute Gasteiger partial charge is 0.423 e. The van der Waals surface area contributed by atoms with Crippen LogP contribution < -0.4 is 11.4 Å². The van der Waals surface area contributed by atoms with Crippen LogP contribution in [0.15, 0.2) is 41.0 Å². The zero-order chi connectivity index (χ0) is 11.3. The molecular weight excluding hydrogens is 212 g/mol. The summed E-state index contributed by atoms with van der Waals surface area (Å²) in [6.45, 7) is 1.78. The second kappa shape index (κ2) is 2.85. The Morgan fingerprint density at radius 3 is 2.31 bits per heavy atom. The van der Waals surface area contributed by atoms with E-state index in [1.54, 1.807) is 13.0 Å². The van der Waals surface area contributed by atoms with Crippen LogP contribution in [0.5, 0.6) is 0 Å². The van der Waals surface area contributed by atoms with Gasteiger partial charge < -0.3 is 13.3 Å². The predicted octanol–water partition coefficient (Wildman–Crippen LogP) is 1.80. The molecule has 1 aromatic carbocycles. The van der Waals surface area contributed by atoms with Gasteiger partial charge in [0, 0.05) is 17.5 Å². The van der Waals surface area contributed by atoms with Crippen LogP contribution in [0.1, 0.15) is 5.56 Å². The molecule has 0 unspecified atom stereocenters. The van der Waals surface area contributed by atoms with Crippen molar-refractivity contribution >= 4 is 22.1 Å². The van der Waals surface area contributed by atoms with Crippen LogP contribution in [0, 0.1) is 6.92 Å². The van der Waals surface area contributed by atoms with Gasteiger partial charge in [0.1, 0.15) is 5.58 Å². The molecule has 3 aromatic rings. The van der Waals surface area contributed by atoms with E-state index >= 15 is 0 Å². The molecule has 0 spiro atoms. The molecule has 0 aliphatic carbocycles. The lowest BCUT2D eigenvalue weighted by atomic mass is 10.1. The molecule has 0 aliphatic heterocycles. The summed E-state index contributed by atoms with van der Waals surface area (Å²) >= 11 is 0. The number of rotatable bonds is 0. The minimum atomic E-state index is -0.773. The van der Waals surface area contributed by atoms with E-state index in [0.29, 0.717) is 11.2 Å². The van der Waals surface area contributed by atoms with Gasteiger partial charge in [-0.1, -0.05) is 0 Å². The molecule has 16 heavy (non-hydrogen) atoms.